The summed E-state index contributed by atoms with van der Waals surface area (Å²) in [5.41, 5.74) is 2.99. The fraction of sp³-hybridized carbons (Fsp3) is 0.412. The van der Waals surface area contributed by atoms with Crippen molar-refractivity contribution >= 4 is 29.9 Å². The summed E-state index contributed by atoms with van der Waals surface area (Å²) in [5.74, 6) is 1.38. The number of guanidine groups is 1. The van der Waals surface area contributed by atoms with E-state index in [1.165, 1.54) is 5.56 Å². The van der Waals surface area contributed by atoms with Gasteiger partial charge in [-0.15, -0.1) is 24.0 Å². The molecule has 0 spiro atoms. The van der Waals surface area contributed by atoms with E-state index >= 15 is 0 Å². The van der Waals surface area contributed by atoms with Crippen LogP contribution in [0.2, 0.25) is 0 Å². The lowest BCUT2D eigenvalue weighted by atomic mass is 10.1. The number of nitrogens with zero attached hydrogens (tertiary/aromatic N) is 2. The summed E-state index contributed by atoms with van der Waals surface area (Å²) < 4.78 is 5.55. The van der Waals surface area contributed by atoms with Crippen molar-refractivity contribution in [2.75, 3.05) is 7.05 Å². The summed E-state index contributed by atoms with van der Waals surface area (Å²) in [4.78, 5) is 8.70. The van der Waals surface area contributed by atoms with Crippen LogP contribution in [0.25, 0.3) is 11.5 Å². The van der Waals surface area contributed by atoms with Crippen molar-refractivity contribution in [3.05, 3.63) is 41.8 Å². The van der Waals surface area contributed by atoms with E-state index in [4.69, 9.17) is 4.42 Å². The Morgan fingerprint density at radius 3 is 2.43 bits per heavy atom. The summed E-state index contributed by atoms with van der Waals surface area (Å²) in [6.45, 7) is 8.88. The lowest BCUT2D eigenvalue weighted by Gasteiger charge is -2.23. The number of aliphatic imine (C=N–C) groups is 1. The number of benzene rings is 1. The molecule has 0 bridgehead atoms. The standard InChI is InChI=1S/C17H24N4O.HI/c1-12-6-8-13(9-7-12)15-20-14(11-22-15)10-19-16(18-5)21-17(2,3)4;/h6-9,11H,10H2,1-5H3,(H2,18,19,21);1H. The highest BCUT2D eigenvalue weighted by atomic mass is 127. The molecule has 0 aliphatic heterocycles. The van der Waals surface area contributed by atoms with Crippen LogP contribution < -0.4 is 10.6 Å². The van der Waals surface area contributed by atoms with E-state index in [9.17, 15) is 0 Å². The van der Waals surface area contributed by atoms with Crippen molar-refractivity contribution in [2.45, 2.75) is 39.8 Å². The van der Waals surface area contributed by atoms with E-state index in [0.717, 1.165) is 17.2 Å². The minimum atomic E-state index is -0.0429. The van der Waals surface area contributed by atoms with Gasteiger partial charge in [0.1, 0.15) is 6.26 Å². The summed E-state index contributed by atoms with van der Waals surface area (Å²) in [5, 5.41) is 6.53. The normalized spacial score (nSPS) is 11.8. The number of rotatable bonds is 3. The van der Waals surface area contributed by atoms with Crippen LogP contribution in [0.3, 0.4) is 0 Å². The molecule has 0 unspecified atom stereocenters. The molecule has 1 aromatic heterocycles. The third kappa shape index (κ3) is 6.21. The van der Waals surface area contributed by atoms with Gasteiger partial charge in [0.15, 0.2) is 5.96 Å². The minimum absolute atomic E-state index is 0. The lowest BCUT2D eigenvalue weighted by Crippen LogP contribution is -2.47. The van der Waals surface area contributed by atoms with Gasteiger partial charge in [-0.2, -0.15) is 0 Å². The first-order valence-corrected chi connectivity index (χ1v) is 7.38. The number of aromatic nitrogens is 1. The molecule has 1 aromatic carbocycles. The molecule has 1 heterocycles. The predicted molar refractivity (Wildman–Crippen MR) is 105 cm³/mol. The van der Waals surface area contributed by atoms with Gasteiger partial charge in [-0.3, -0.25) is 4.99 Å². The van der Waals surface area contributed by atoms with Crippen LogP contribution in [0, 0.1) is 6.92 Å². The number of aryl methyl sites for hydroxylation is 1. The first-order chi connectivity index (χ1) is 10.4. The van der Waals surface area contributed by atoms with Crippen molar-refractivity contribution in [3.63, 3.8) is 0 Å². The number of halogens is 1. The zero-order valence-electron chi connectivity index (χ0n) is 14.3. The van der Waals surface area contributed by atoms with E-state index in [2.05, 4.69) is 48.3 Å². The lowest BCUT2D eigenvalue weighted by molar-refractivity contribution is 0.501. The molecule has 0 aliphatic carbocycles. The van der Waals surface area contributed by atoms with Gasteiger partial charge >= 0.3 is 0 Å². The van der Waals surface area contributed by atoms with Crippen LogP contribution in [0.15, 0.2) is 39.9 Å². The molecule has 0 radical (unpaired) electrons. The van der Waals surface area contributed by atoms with Crippen molar-refractivity contribution in [1.29, 1.82) is 0 Å². The Morgan fingerprint density at radius 2 is 1.87 bits per heavy atom. The quantitative estimate of drug-likeness (QED) is 0.444. The molecule has 2 aromatic rings. The van der Waals surface area contributed by atoms with Gasteiger partial charge in [0, 0.05) is 18.2 Å². The second-order valence-corrected chi connectivity index (χ2v) is 6.31. The van der Waals surface area contributed by atoms with Crippen molar-refractivity contribution in [2.24, 2.45) is 4.99 Å². The highest BCUT2D eigenvalue weighted by Gasteiger charge is 2.12. The Kier molecular flexibility index (Phi) is 7.05. The molecule has 0 atom stereocenters. The SMILES string of the molecule is CN=C(NCc1coc(-c2ccc(C)cc2)n1)NC(C)(C)C.I. The van der Waals surface area contributed by atoms with E-state index in [1.807, 2.05) is 24.3 Å². The Morgan fingerprint density at radius 1 is 1.22 bits per heavy atom. The molecule has 2 rings (SSSR count). The monoisotopic (exact) mass is 428 g/mol. The molecule has 126 valence electrons. The molecule has 0 aliphatic rings. The van der Waals surface area contributed by atoms with E-state index in [-0.39, 0.29) is 29.5 Å². The smallest absolute Gasteiger partial charge is 0.226 e. The Labute approximate surface area is 155 Å². The highest BCUT2D eigenvalue weighted by molar-refractivity contribution is 14.0. The Bertz CT molecular complexity index is 641. The van der Waals surface area contributed by atoms with E-state index < -0.39 is 0 Å². The van der Waals surface area contributed by atoms with Gasteiger partial charge in [0.2, 0.25) is 5.89 Å². The van der Waals surface area contributed by atoms with Crippen LogP contribution in [-0.4, -0.2) is 23.5 Å². The molecule has 0 fully saturated rings. The maximum absolute atomic E-state index is 5.55. The number of nitrogens with one attached hydrogen (secondary N) is 2. The largest absolute Gasteiger partial charge is 0.444 e. The fourth-order valence-corrected chi connectivity index (χ4v) is 1.93. The van der Waals surface area contributed by atoms with Gasteiger partial charge in [-0.25, -0.2) is 4.98 Å². The number of hydrogen-bond donors (Lipinski definition) is 2. The van der Waals surface area contributed by atoms with Crippen molar-refractivity contribution in [1.82, 2.24) is 15.6 Å². The molecular weight excluding hydrogens is 403 g/mol. The van der Waals surface area contributed by atoms with Crippen LogP contribution in [0.4, 0.5) is 0 Å². The van der Waals surface area contributed by atoms with Crippen LogP contribution >= 0.6 is 24.0 Å². The zero-order chi connectivity index (χ0) is 16.2. The molecule has 0 amide bonds. The van der Waals surface area contributed by atoms with Crippen LogP contribution in [0.5, 0.6) is 0 Å². The molecule has 2 N–H and O–H groups in total. The second kappa shape index (κ2) is 8.33. The Hall–Kier alpha value is -1.57. The van der Waals surface area contributed by atoms with Crippen molar-refractivity contribution < 1.29 is 4.42 Å². The third-order valence-electron chi connectivity index (χ3n) is 3.00. The summed E-state index contributed by atoms with van der Waals surface area (Å²) >= 11 is 0. The number of hydrogen-bond acceptors (Lipinski definition) is 3. The second-order valence-electron chi connectivity index (χ2n) is 6.31. The summed E-state index contributed by atoms with van der Waals surface area (Å²) in [7, 11) is 1.75. The zero-order valence-corrected chi connectivity index (χ0v) is 16.6. The minimum Gasteiger partial charge on any atom is -0.444 e. The van der Waals surface area contributed by atoms with Gasteiger partial charge < -0.3 is 15.1 Å². The summed E-state index contributed by atoms with van der Waals surface area (Å²) in [6.07, 6.45) is 1.67. The molecular formula is C17H25IN4O. The van der Waals surface area contributed by atoms with Gasteiger partial charge in [-0.05, 0) is 39.8 Å². The fourth-order valence-electron chi connectivity index (χ4n) is 1.93. The molecule has 6 heteroatoms. The summed E-state index contributed by atoms with van der Waals surface area (Å²) in [6, 6.07) is 8.12. The predicted octanol–water partition coefficient (Wildman–Crippen LogP) is 3.73. The molecule has 5 nitrogen and oxygen atoms in total. The topological polar surface area (TPSA) is 62.5 Å². The van der Waals surface area contributed by atoms with E-state index in [0.29, 0.717) is 12.4 Å². The first-order valence-electron chi connectivity index (χ1n) is 7.38. The maximum atomic E-state index is 5.55. The average molecular weight is 428 g/mol. The highest BCUT2D eigenvalue weighted by Crippen LogP contribution is 2.18. The van der Waals surface area contributed by atoms with Crippen molar-refractivity contribution in [3.8, 4) is 11.5 Å². The van der Waals surface area contributed by atoms with Gasteiger partial charge in [0.05, 0.1) is 12.2 Å². The van der Waals surface area contributed by atoms with Gasteiger partial charge in [0.25, 0.3) is 0 Å². The van der Waals surface area contributed by atoms with Crippen LogP contribution in [-0.2, 0) is 6.54 Å². The third-order valence-corrected chi connectivity index (χ3v) is 3.00. The van der Waals surface area contributed by atoms with E-state index in [1.54, 1.807) is 13.3 Å². The van der Waals surface area contributed by atoms with Gasteiger partial charge in [-0.1, -0.05) is 17.7 Å². The number of oxazole rings is 1. The van der Waals surface area contributed by atoms with Crippen LogP contribution in [0.1, 0.15) is 32.0 Å². The maximum Gasteiger partial charge on any atom is 0.226 e. The Balaban J connectivity index is 0.00000264. The first kappa shape index (κ1) is 19.5. The average Bonchev–Trinajstić information content (AvgIpc) is 2.92. The molecule has 0 saturated heterocycles. The molecule has 0 saturated carbocycles. The molecule has 23 heavy (non-hydrogen) atoms.